The van der Waals surface area contributed by atoms with Gasteiger partial charge in [0.2, 0.25) is 0 Å². The van der Waals surface area contributed by atoms with E-state index >= 15 is 0 Å². The number of piperidine rings is 1. The molecule has 0 amide bonds. The minimum absolute atomic E-state index is 0.419. The maximum atomic E-state index is 6.13. The highest BCUT2D eigenvalue weighted by atomic mass is 15.1. The van der Waals surface area contributed by atoms with Crippen molar-refractivity contribution in [2.24, 2.45) is 17.6 Å². The highest BCUT2D eigenvalue weighted by Gasteiger charge is 2.25. The summed E-state index contributed by atoms with van der Waals surface area (Å²) in [5.41, 5.74) is 6.13. The van der Waals surface area contributed by atoms with Gasteiger partial charge in [0.15, 0.2) is 0 Å². The minimum Gasteiger partial charge on any atom is -0.326 e. The first-order valence-corrected chi connectivity index (χ1v) is 6.73. The van der Waals surface area contributed by atoms with Crippen LogP contribution in [0.4, 0.5) is 0 Å². The monoisotopic (exact) mass is 210 g/mol. The maximum Gasteiger partial charge on any atom is 0.0194 e. The SMILES string of the molecule is CC1CCN(CC2CCCCC2)CC1N. The molecule has 0 spiro atoms. The second kappa shape index (κ2) is 5.31. The Morgan fingerprint density at radius 3 is 2.53 bits per heavy atom. The van der Waals surface area contributed by atoms with Gasteiger partial charge in [-0.25, -0.2) is 0 Å². The van der Waals surface area contributed by atoms with Crippen molar-refractivity contribution in [3.8, 4) is 0 Å². The zero-order chi connectivity index (χ0) is 10.7. The molecule has 0 aromatic heterocycles. The smallest absolute Gasteiger partial charge is 0.0194 e. The van der Waals surface area contributed by atoms with Crippen LogP contribution in [0.5, 0.6) is 0 Å². The van der Waals surface area contributed by atoms with Gasteiger partial charge in [0, 0.05) is 19.1 Å². The van der Waals surface area contributed by atoms with Gasteiger partial charge in [0.1, 0.15) is 0 Å². The molecule has 1 saturated heterocycles. The largest absolute Gasteiger partial charge is 0.326 e. The van der Waals surface area contributed by atoms with Crippen LogP contribution >= 0.6 is 0 Å². The Bertz CT molecular complexity index is 187. The summed E-state index contributed by atoms with van der Waals surface area (Å²) in [4.78, 5) is 2.61. The Hall–Kier alpha value is -0.0800. The van der Waals surface area contributed by atoms with Crippen LogP contribution in [-0.4, -0.2) is 30.6 Å². The van der Waals surface area contributed by atoms with Crippen LogP contribution < -0.4 is 5.73 Å². The third-order valence-electron chi connectivity index (χ3n) is 4.34. The molecule has 1 aliphatic carbocycles. The standard InChI is InChI=1S/C13H26N2/c1-11-7-8-15(10-13(11)14)9-12-5-3-2-4-6-12/h11-13H,2-10,14H2,1H3. The van der Waals surface area contributed by atoms with E-state index in [1.165, 1.54) is 51.6 Å². The van der Waals surface area contributed by atoms with Gasteiger partial charge in [0.05, 0.1) is 0 Å². The average molecular weight is 210 g/mol. The Labute approximate surface area is 94.2 Å². The first-order chi connectivity index (χ1) is 7.25. The maximum absolute atomic E-state index is 6.13. The van der Waals surface area contributed by atoms with Crippen LogP contribution in [0.3, 0.4) is 0 Å². The van der Waals surface area contributed by atoms with Crippen molar-refractivity contribution in [3.05, 3.63) is 0 Å². The van der Waals surface area contributed by atoms with Crippen molar-refractivity contribution >= 4 is 0 Å². The summed E-state index contributed by atoms with van der Waals surface area (Å²) < 4.78 is 0. The zero-order valence-electron chi connectivity index (χ0n) is 10.1. The summed E-state index contributed by atoms with van der Waals surface area (Å²) in [6, 6.07) is 0.419. The zero-order valence-corrected chi connectivity index (χ0v) is 10.1. The number of nitrogens with two attached hydrogens (primary N) is 1. The molecule has 0 aromatic carbocycles. The highest BCUT2D eigenvalue weighted by Crippen LogP contribution is 2.26. The van der Waals surface area contributed by atoms with Crippen LogP contribution in [0.15, 0.2) is 0 Å². The van der Waals surface area contributed by atoms with Gasteiger partial charge in [0.25, 0.3) is 0 Å². The van der Waals surface area contributed by atoms with Crippen LogP contribution in [0.2, 0.25) is 0 Å². The molecule has 2 aliphatic rings. The topological polar surface area (TPSA) is 29.3 Å². The first kappa shape index (κ1) is 11.4. The normalized spacial score (nSPS) is 35.6. The van der Waals surface area contributed by atoms with E-state index < -0.39 is 0 Å². The van der Waals surface area contributed by atoms with E-state index in [4.69, 9.17) is 5.73 Å². The summed E-state index contributed by atoms with van der Waals surface area (Å²) in [5.74, 6) is 1.70. The minimum atomic E-state index is 0.419. The van der Waals surface area contributed by atoms with Crippen LogP contribution in [0.25, 0.3) is 0 Å². The van der Waals surface area contributed by atoms with E-state index in [1.807, 2.05) is 0 Å². The molecule has 2 rings (SSSR count). The fraction of sp³-hybridized carbons (Fsp3) is 1.00. The van der Waals surface area contributed by atoms with Gasteiger partial charge >= 0.3 is 0 Å². The van der Waals surface area contributed by atoms with Gasteiger partial charge < -0.3 is 10.6 Å². The molecule has 88 valence electrons. The van der Waals surface area contributed by atoms with E-state index in [1.54, 1.807) is 0 Å². The molecule has 0 aromatic rings. The Balaban J connectivity index is 1.74. The Morgan fingerprint density at radius 1 is 1.13 bits per heavy atom. The molecule has 0 bridgehead atoms. The summed E-state index contributed by atoms with van der Waals surface area (Å²) >= 11 is 0. The third kappa shape index (κ3) is 3.18. The van der Waals surface area contributed by atoms with E-state index in [9.17, 15) is 0 Å². The molecular formula is C13H26N2. The Kier molecular flexibility index (Phi) is 4.04. The fourth-order valence-electron chi connectivity index (χ4n) is 3.07. The van der Waals surface area contributed by atoms with Gasteiger partial charge in [-0.2, -0.15) is 0 Å². The summed E-state index contributed by atoms with van der Waals surface area (Å²) in [6.45, 7) is 6.03. The molecule has 2 nitrogen and oxygen atoms in total. The first-order valence-electron chi connectivity index (χ1n) is 6.73. The number of rotatable bonds is 2. The second-order valence-corrected chi connectivity index (χ2v) is 5.69. The van der Waals surface area contributed by atoms with Crippen molar-refractivity contribution in [3.63, 3.8) is 0 Å². The Morgan fingerprint density at radius 2 is 1.87 bits per heavy atom. The molecule has 2 atom stereocenters. The molecule has 2 unspecified atom stereocenters. The van der Waals surface area contributed by atoms with Crippen molar-refractivity contribution in [2.45, 2.75) is 51.5 Å². The van der Waals surface area contributed by atoms with Gasteiger partial charge in [-0.1, -0.05) is 26.2 Å². The lowest BCUT2D eigenvalue weighted by atomic mass is 9.87. The second-order valence-electron chi connectivity index (χ2n) is 5.69. The quantitative estimate of drug-likeness (QED) is 0.757. The molecule has 2 N–H and O–H groups in total. The van der Waals surface area contributed by atoms with E-state index in [0.717, 1.165) is 18.4 Å². The van der Waals surface area contributed by atoms with Crippen molar-refractivity contribution in [1.29, 1.82) is 0 Å². The molecule has 1 heterocycles. The molecule has 1 saturated carbocycles. The average Bonchev–Trinajstić information content (AvgIpc) is 2.25. The van der Waals surface area contributed by atoms with E-state index in [0.29, 0.717) is 6.04 Å². The van der Waals surface area contributed by atoms with Crippen molar-refractivity contribution in [2.75, 3.05) is 19.6 Å². The summed E-state index contributed by atoms with van der Waals surface area (Å²) in [5, 5.41) is 0. The number of hydrogen-bond donors (Lipinski definition) is 1. The molecule has 2 fully saturated rings. The van der Waals surface area contributed by atoms with E-state index in [-0.39, 0.29) is 0 Å². The molecule has 1 aliphatic heterocycles. The molecule has 15 heavy (non-hydrogen) atoms. The lowest BCUT2D eigenvalue weighted by Gasteiger charge is -2.37. The fourth-order valence-corrected chi connectivity index (χ4v) is 3.07. The summed E-state index contributed by atoms with van der Waals surface area (Å²) in [7, 11) is 0. The van der Waals surface area contributed by atoms with Crippen molar-refractivity contribution in [1.82, 2.24) is 4.90 Å². The highest BCUT2D eigenvalue weighted by molar-refractivity contribution is 4.82. The van der Waals surface area contributed by atoms with Gasteiger partial charge in [-0.3, -0.25) is 0 Å². The number of hydrogen-bond acceptors (Lipinski definition) is 2. The lowest BCUT2D eigenvalue weighted by molar-refractivity contribution is 0.134. The lowest BCUT2D eigenvalue weighted by Crippen LogP contribution is -2.48. The summed E-state index contributed by atoms with van der Waals surface area (Å²) in [6.07, 6.45) is 8.60. The predicted octanol–water partition coefficient (Wildman–Crippen LogP) is 2.24. The van der Waals surface area contributed by atoms with E-state index in [2.05, 4.69) is 11.8 Å². The van der Waals surface area contributed by atoms with Crippen LogP contribution in [0, 0.1) is 11.8 Å². The number of nitrogens with zero attached hydrogens (tertiary/aromatic N) is 1. The third-order valence-corrected chi connectivity index (χ3v) is 4.34. The van der Waals surface area contributed by atoms with Gasteiger partial charge in [-0.15, -0.1) is 0 Å². The van der Waals surface area contributed by atoms with Crippen LogP contribution in [-0.2, 0) is 0 Å². The molecule has 2 heteroatoms. The van der Waals surface area contributed by atoms with Crippen LogP contribution in [0.1, 0.15) is 45.4 Å². The van der Waals surface area contributed by atoms with Gasteiger partial charge in [-0.05, 0) is 37.6 Å². The molecular weight excluding hydrogens is 184 g/mol. The predicted molar refractivity (Wildman–Crippen MR) is 64.8 cm³/mol. The van der Waals surface area contributed by atoms with Crippen molar-refractivity contribution < 1.29 is 0 Å². The molecule has 0 radical (unpaired) electrons. The number of likely N-dealkylation sites (tertiary alicyclic amines) is 1.